The predicted octanol–water partition coefficient (Wildman–Crippen LogP) is -1.28. The fraction of sp³-hybridized carbons (Fsp3) is 0.312. The van der Waals surface area contributed by atoms with E-state index in [0.29, 0.717) is 0 Å². The number of hydrogen-bond donors (Lipinski definition) is 9. The molecule has 34 heavy (non-hydrogen) atoms. The monoisotopic (exact) mass is 845 g/mol. The summed E-state index contributed by atoms with van der Waals surface area (Å²) in [6.07, 6.45) is -2.81. The van der Waals surface area contributed by atoms with Gasteiger partial charge in [-0.05, 0) is 67.8 Å². The van der Waals surface area contributed by atoms with Gasteiger partial charge in [-0.3, -0.25) is 14.4 Å². The van der Waals surface area contributed by atoms with Crippen molar-refractivity contribution in [1.82, 2.24) is 0 Å². The number of rotatable bonds is 8. The third-order valence-electron chi connectivity index (χ3n) is 3.13. The van der Waals surface area contributed by atoms with E-state index in [2.05, 4.69) is 16.8 Å². The summed E-state index contributed by atoms with van der Waals surface area (Å²) in [6.45, 7) is -1.20. The van der Waals surface area contributed by atoms with Crippen LogP contribution in [0.3, 0.4) is 0 Å². The van der Waals surface area contributed by atoms with Crippen molar-refractivity contribution >= 4 is 115 Å². The van der Waals surface area contributed by atoms with E-state index in [4.69, 9.17) is 32.0 Å². The van der Waals surface area contributed by atoms with Gasteiger partial charge >= 0.3 is 11.9 Å². The molecule has 0 spiro atoms. The molecule has 1 rings (SSSR count). The third kappa shape index (κ3) is 11.5. The molecule has 2 atom stereocenters. The van der Waals surface area contributed by atoms with Crippen LogP contribution in [0, 0.1) is 10.7 Å². The largest absolute Gasteiger partial charge is 0.478 e. The van der Waals surface area contributed by atoms with Crippen molar-refractivity contribution in [1.29, 1.82) is 0 Å². The lowest BCUT2D eigenvalue weighted by Crippen LogP contribution is -2.30. The summed E-state index contributed by atoms with van der Waals surface area (Å²) in [5.41, 5.74) is 8.82. The van der Waals surface area contributed by atoms with Crippen LogP contribution in [0.2, 0.25) is 0 Å². The summed E-state index contributed by atoms with van der Waals surface area (Å²) < 4.78 is 0.625. The van der Waals surface area contributed by atoms with Gasteiger partial charge in [0.05, 0.1) is 37.2 Å². The second kappa shape index (κ2) is 17.3. The summed E-state index contributed by atoms with van der Waals surface area (Å²) >= 11 is 10.6. The van der Waals surface area contributed by atoms with E-state index < -0.39 is 55.1 Å². The van der Waals surface area contributed by atoms with Gasteiger partial charge in [0, 0.05) is 3.57 Å². The first-order valence-corrected chi connectivity index (χ1v) is 12.0. The highest BCUT2D eigenvalue weighted by Gasteiger charge is 2.28. The SMILES string of the molecule is NC(=O)C(O)CO.NC(=O)C(O)CO.O=C(CCl)Nc1c(I)c(C(=O)O)c(I)c(C(=O)O)c1I. The number of nitrogens with two attached hydrogens (primary N) is 2. The highest BCUT2D eigenvalue weighted by atomic mass is 127. The molecule has 1 aromatic rings. The summed E-state index contributed by atoms with van der Waals surface area (Å²) in [5.74, 6) is -5.19. The maximum Gasteiger partial charge on any atom is 0.337 e. The molecule has 0 fully saturated rings. The van der Waals surface area contributed by atoms with Crippen LogP contribution in [0.1, 0.15) is 20.7 Å². The fourth-order valence-electron chi connectivity index (χ4n) is 1.50. The van der Waals surface area contributed by atoms with E-state index in [1.54, 1.807) is 67.8 Å². The number of aromatic carboxylic acids is 2. The van der Waals surface area contributed by atoms with Crippen molar-refractivity contribution in [3.05, 3.63) is 21.8 Å². The van der Waals surface area contributed by atoms with Gasteiger partial charge in [0.25, 0.3) is 0 Å². The fourth-order valence-corrected chi connectivity index (χ4v) is 5.93. The van der Waals surface area contributed by atoms with Crippen LogP contribution in [0.5, 0.6) is 0 Å². The van der Waals surface area contributed by atoms with Crippen LogP contribution in [0.15, 0.2) is 0 Å². The lowest BCUT2D eigenvalue weighted by molar-refractivity contribution is -0.128. The summed E-state index contributed by atoms with van der Waals surface area (Å²) in [4.78, 5) is 53.5. The maximum atomic E-state index is 11.4. The van der Waals surface area contributed by atoms with Gasteiger partial charge in [-0.15, -0.1) is 11.6 Å². The predicted molar refractivity (Wildman–Crippen MR) is 142 cm³/mol. The van der Waals surface area contributed by atoms with E-state index in [-0.39, 0.29) is 33.4 Å². The Morgan fingerprint density at radius 1 is 0.794 bits per heavy atom. The zero-order valence-electron chi connectivity index (χ0n) is 16.7. The minimum Gasteiger partial charge on any atom is -0.478 e. The Kier molecular flexibility index (Phi) is 17.9. The number of nitrogens with one attached hydrogen (secondary N) is 1. The smallest absolute Gasteiger partial charge is 0.337 e. The number of halogens is 4. The van der Waals surface area contributed by atoms with Gasteiger partial charge in [-0.25, -0.2) is 9.59 Å². The Labute approximate surface area is 237 Å². The van der Waals surface area contributed by atoms with E-state index in [1.165, 1.54) is 0 Å². The highest BCUT2D eigenvalue weighted by Crippen LogP contribution is 2.35. The first-order valence-electron chi connectivity index (χ1n) is 8.28. The molecule has 0 saturated heterocycles. The molecule has 1 aromatic carbocycles. The summed E-state index contributed by atoms with van der Waals surface area (Å²) in [7, 11) is 0. The number of carbonyl (C=O) groups is 5. The molecular formula is C16H19ClI3N3O11. The number of hydrogen-bond acceptors (Lipinski definition) is 9. The maximum absolute atomic E-state index is 11.4. The summed E-state index contributed by atoms with van der Waals surface area (Å²) in [6, 6.07) is 0. The van der Waals surface area contributed by atoms with Crippen molar-refractivity contribution in [2.24, 2.45) is 11.5 Å². The zero-order chi connectivity index (χ0) is 27.3. The van der Waals surface area contributed by atoms with Crippen LogP contribution >= 0.6 is 79.4 Å². The molecule has 0 bridgehead atoms. The molecule has 11 N–H and O–H groups in total. The van der Waals surface area contributed by atoms with Gasteiger partial charge in [0.1, 0.15) is 5.88 Å². The molecule has 0 radical (unpaired) electrons. The number of amides is 3. The van der Waals surface area contributed by atoms with Gasteiger partial charge < -0.3 is 47.4 Å². The van der Waals surface area contributed by atoms with Crippen LogP contribution in [-0.2, 0) is 14.4 Å². The number of carboxylic acid groups (broad SMARTS) is 2. The van der Waals surface area contributed by atoms with E-state index in [1.807, 2.05) is 0 Å². The molecule has 0 aliphatic carbocycles. The van der Waals surface area contributed by atoms with Crippen molar-refractivity contribution < 1.29 is 54.6 Å². The molecule has 0 aromatic heterocycles. The molecule has 2 unspecified atom stereocenters. The number of carboxylic acids is 2. The standard InChI is InChI=1S/C10H5ClI3NO5.2C3H7NO3/c11-1-2(16)15-8-6(13)3(9(17)18)5(12)4(7(8)14)10(19)20;2*4-3(7)2(6)1-5/h1H2,(H,15,16)(H,17,18)(H,19,20);2*2,5-6H,1H2,(H2,4,7). The van der Waals surface area contributed by atoms with Gasteiger partial charge in [0.2, 0.25) is 17.7 Å². The Morgan fingerprint density at radius 3 is 1.29 bits per heavy atom. The lowest BCUT2D eigenvalue weighted by Gasteiger charge is -2.15. The normalized spacial score (nSPS) is 11.5. The third-order valence-corrected chi connectivity index (χ3v) is 6.61. The molecule has 0 heterocycles. The molecule has 18 heteroatoms. The quantitative estimate of drug-likeness (QED) is 0.110. The van der Waals surface area contributed by atoms with E-state index in [9.17, 15) is 34.2 Å². The Morgan fingerprint density at radius 2 is 1.12 bits per heavy atom. The molecule has 14 nitrogen and oxygen atoms in total. The Bertz CT molecular complexity index is 872. The number of benzene rings is 1. The van der Waals surface area contributed by atoms with Crippen molar-refractivity contribution in [3.63, 3.8) is 0 Å². The second-order valence-electron chi connectivity index (χ2n) is 5.56. The van der Waals surface area contributed by atoms with Crippen LogP contribution in [0.25, 0.3) is 0 Å². The van der Waals surface area contributed by atoms with Gasteiger partial charge in [0.15, 0.2) is 12.2 Å². The van der Waals surface area contributed by atoms with Crippen LogP contribution < -0.4 is 16.8 Å². The number of alkyl halides is 1. The average Bonchev–Trinajstić information content (AvgIpc) is 2.75. The zero-order valence-corrected chi connectivity index (χ0v) is 23.9. The van der Waals surface area contributed by atoms with Gasteiger partial charge in [-0.1, -0.05) is 0 Å². The minimum absolute atomic E-state index is 0.111. The number of primary amides is 2. The first-order chi connectivity index (χ1) is 15.6. The summed E-state index contributed by atoms with van der Waals surface area (Å²) in [5, 5.41) is 53.2. The van der Waals surface area contributed by atoms with Crippen molar-refractivity contribution in [3.8, 4) is 0 Å². The number of aliphatic hydroxyl groups excluding tert-OH is 4. The second-order valence-corrected chi connectivity index (χ2v) is 9.06. The Balaban J connectivity index is 0. The average molecular weight is 846 g/mol. The molecule has 0 aliphatic heterocycles. The molecular weight excluding hydrogens is 826 g/mol. The Hall–Kier alpha value is -1.11. The number of aliphatic hydroxyl groups is 4. The van der Waals surface area contributed by atoms with Crippen molar-refractivity contribution in [2.45, 2.75) is 12.2 Å². The topological polar surface area (TPSA) is 271 Å². The van der Waals surface area contributed by atoms with E-state index >= 15 is 0 Å². The van der Waals surface area contributed by atoms with Crippen LogP contribution in [0.4, 0.5) is 5.69 Å². The lowest BCUT2D eigenvalue weighted by atomic mass is 10.1. The van der Waals surface area contributed by atoms with Crippen molar-refractivity contribution in [2.75, 3.05) is 24.4 Å². The number of anilines is 1. The first kappa shape index (κ1) is 35.1. The van der Waals surface area contributed by atoms with E-state index in [0.717, 1.165) is 0 Å². The molecule has 0 aliphatic rings. The molecule has 192 valence electrons. The number of carbonyl (C=O) groups excluding carboxylic acids is 3. The van der Waals surface area contributed by atoms with Gasteiger partial charge in [-0.2, -0.15) is 0 Å². The molecule has 0 saturated carbocycles. The highest BCUT2D eigenvalue weighted by molar-refractivity contribution is 14.1. The minimum atomic E-state index is -1.40. The molecule has 3 amide bonds. The van der Waals surface area contributed by atoms with Crippen LogP contribution in [-0.4, -0.2) is 91.6 Å².